The summed E-state index contributed by atoms with van der Waals surface area (Å²) in [5.74, 6) is -0.479. The van der Waals surface area contributed by atoms with Gasteiger partial charge in [-0.05, 0) is 61.1 Å². The number of fused-ring (bicyclic) bond motifs is 1. The number of aryl methyl sites for hydroxylation is 1. The number of hydrogen-bond acceptors (Lipinski definition) is 4. The van der Waals surface area contributed by atoms with Crippen LogP contribution in [0.3, 0.4) is 0 Å². The second-order valence-electron chi connectivity index (χ2n) is 7.70. The Morgan fingerprint density at radius 3 is 2.70 bits per heavy atom. The molecule has 0 atom stereocenters. The van der Waals surface area contributed by atoms with E-state index in [1.165, 1.54) is 0 Å². The summed E-state index contributed by atoms with van der Waals surface area (Å²) in [7, 11) is 1.57. The summed E-state index contributed by atoms with van der Waals surface area (Å²) in [6, 6.07) is 12.8. The van der Waals surface area contributed by atoms with Crippen molar-refractivity contribution in [2.75, 3.05) is 23.9 Å². The molecule has 30 heavy (non-hydrogen) atoms. The van der Waals surface area contributed by atoms with E-state index in [0.717, 1.165) is 42.5 Å². The highest BCUT2D eigenvalue weighted by molar-refractivity contribution is 6.39. The van der Waals surface area contributed by atoms with Gasteiger partial charge in [0.2, 0.25) is 5.91 Å². The normalized spacial score (nSPS) is 15.2. The molecule has 2 N–H and O–H groups in total. The molecule has 0 unspecified atom stereocenters. The maximum Gasteiger partial charge on any atom is 0.313 e. The van der Waals surface area contributed by atoms with Crippen molar-refractivity contribution in [2.45, 2.75) is 32.2 Å². The fourth-order valence-electron chi connectivity index (χ4n) is 3.66. The highest BCUT2D eigenvalue weighted by atomic mass is 16.5. The predicted octanol–water partition coefficient (Wildman–Crippen LogP) is 2.64. The van der Waals surface area contributed by atoms with Crippen LogP contribution in [0, 0.1) is 5.92 Å². The van der Waals surface area contributed by atoms with Crippen molar-refractivity contribution >= 4 is 29.1 Å². The first kappa shape index (κ1) is 19.9. The Bertz CT molecular complexity index is 984. The summed E-state index contributed by atoms with van der Waals surface area (Å²) in [5, 5.41) is 5.25. The molecule has 1 heterocycles. The first-order valence-electron chi connectivity index (χ1n) is 10.2. The molecule has 1 aliphatic carbocycles. The fraction of sp³-hybridized carbons (Fsp3) is 0.348. The molecular formula is C23H25N3O4. The number of methoxy groups -OCH3 is 1. The summed E-state index contributed by atoms with van der Waals surface area (Å²) >= 11 is 0. The first-order valence-corrected chi connectivity index (χ1v) is 10.2. The molecule has 7 nitrogen and oxygen atoms in total. The van der Waals surface area contributed by atoms with Gasteiger partial charge in [-0.3, -0.25) is 14.4 Å². The summed E-state index contributed by atoms with van der Waals surface area (Å²) in [6.45, 7) is 0.915. The lowest BCUT2D eigenvalue weighted by atomic mass is 10.0. The summed E-state index contributed by atoms with van der Waals surface area (Å²) < 4.78 is 5.16. The Labute approximate surface area is 175 Å². The van der Waals surface area contributed by atoms with Crippen LogP contribution in [-0.4, -0.2) is 31.4 Å². The minimum Gasteiger partial charge on any atom is -0.497 e. The van der Waals surface area contributed by atoms with E-state index in [-0.39, 0.29) is 18.4 Å². The number of nitrogens with zero attached hydrogens (tertiary/aromatic N) is 1. The number of benzene rings is 2. The maximum atomic E-state index is 12.6. The van der Waals surface area contributed by atoms with E-state index in [1.54, 1.807) is 25.3 Å². The molecule has 7 heteroatoms. The molecule has 0 bridgehead atoms. The summed E-state index contributed by atoms with van der Waals surface area (Å²) in [6.07, 6.45) is 3.74. The van der Waals surface area contributed by atoms with Crippen molar-refractivity contribution < 1.29 is 19.1 Å². The van der Waals surface area contributed by atoms with E-state index in [0.29, 0.717) is 18.0 Å². The molecule has 0 aromatic heterocycles. The van der Waals surface area contributed by atoms with E-state index in [4.69, 9.17) is 4.74 Å². The van der Waals surface area contributed by atoms with Crippen LogP contribution in [0.2, 0.25) is 0 Å². The molecule has 3 amide bonds. The molecule has 0 radical (unpaired) electrons. The van der Waals surface area contributed by atoms with Crippen molar-refractivity contribution in [3.05, 3.63) is 53.6 Å². The van der Waals surface area contributed by atoms with Crippen molar-refractivity contribution in [3.63, 3.8) is 0 Å². The highest BCUT2D eigenvalue weighted by Gasteiger charge is 2.35. The average molecular weight is 407 g/mol. The number of ether oxygens (including phenoxy) is 1. The molecule has 0 spiro atoms. The second kappa shape index (κ2) is 8.57. The van der Waals surface area contributed by atoms with Gasteiger partial charge in [0.05, 0.1) is 7.11 Å². The predicted molar refractivity (Wildman–Crippen MR) is 113 cm³/mol. The Hall–Kier alpha value is -3.35. The monoisotopic (exact) mass is 407 g/mol. The SMILES string of the molecule is COc1cccc(CNC(=O)C(=O)Nc2ccc3c(c2)N(C(=O)C2CC2)CCC3)c1. The minimum absolute atomic E-state index is 0.136. The zero-order valence-corrected chi connectivity index (χ0v) is 16.9. The van der Waals surface area contributed by atoms with Gasteiger partial charge in [0, 0.05) is 30.4 Å². The first-order chi connectivity index (χ1) is 14.5. The third-order valence-corrected chi connectivity index (χ3v) is 5.45. The lowest BCUT2D eigenvalue weighted by Gasteiger charge is -2.30. The van der Waals surface area contributed by atoms with E-state index < -0.39 is 11.8 Å². The topological polar surface area (TPSA) is 87.7 Å². The van der Waals surface area contributed by atoms with Gasteiger partial charge in [-0.15, -0.1) is 0 Å². The van der Waals surface area contributed by atoms with Crippen LogP contribution in [0.5, 0.6) is 5.75 Å². The fourth-order valence-corrected chi connectivity index (χ4v) is 3.66. The number of amides is 3. The van der Waals surface area contributed by atoms with Crippen molar-refractivity contribution in [1.29, 1.82) is 0 Å². The number of hydrogen-bond donors (Lipinski definition) is 2. The van der Waals surface area contributed by atoms with Crippen LogP contribution in [0.25, 0.3) is 0 Å². The number of carbonyl (C=O) groups is 3. The molecule has 156 valence electrons. The molecule has 2 aliphatic rings. The van der Waals surface area contributed by atoms with Gasteiger partial charge >= 0.3 is 11.8 Å². The minimum atomic E-state index is -0.742. The third kappa shape index (κ3) is 4.45. The zero-order valence-electron chi connectivity index (χ0n) is 16.9. The van der Waals surface area contributed by atoms with Gasteiger partial charge in [-0.1, -0.05) is 18.2 Å². The molecule has 2 aromatic carbocycles. The summed E-state index contributed by atoms with van der Waals surface area (Å²) in [4.78, 5) is 39.0. The van der Waals surface area contributed by atoms with Gasteiger partial charge in [0.15, 0.2) is 0 Å². The van der Waals surface area contributed by atoms with Crippen molar-refractivity contribution in [3.8, 4) is 5.75 Å². The summed E-state index contributed by atoms with van der Waals surface area (Å²) in [5.41, 5.74) is 3.27. The molecular weight excluding hydrogens is 382 g/mol. The molecule has 1 fully saturated rings. The number of carbonyl (C=O) groups excluding carboxylic acids is 3. The maximum absolute atomic E-state index is 12.6. The quantitative estimate of drug-likeness (QED) is 0.746. The van der Waals surface area contributed by atoms with E-state index in [9.17, 15) is 14.4 Å². The van der Waals surface area contributed by atoms with Crippen molar-refractivity contribution in [2.24, 2.45) is 5.92 Å². The second-order valence-corrected chi connectivity index (χ2v) is 7.70. The van der Waals surface area contributed by atoms with Gasteiger partial charge in [-0.2, -0.15) is 0 Å². The Kier molecular flexibility index (Phi) is 5.70. The molecule has 0 saturated heterocycles. The number of anilines is 2. The number of nitrogens with one attached hydrogen (secondary N) is 2. The standard InChI is InChI=1S/C23H25N3O4/c1-30-19-6-2-4-15(12-19)14-24-21(27)22(28)25-18-10-9-16-5-3-11-26(20(16)13-18)23(29)17-7-8-17/h2,4,6,9-10,12-13,17H,3,5,7-8,11,14H2,1H3,(H,24,27)(H,25,28). The number of rotatable bonds is 5. The van der Waals surface area contributed by atoms with Crippen LogP contribution in [0.1, 0.15) is 30.4 Å². The Morgan fingerprint density at radius 1 is 1.10 bits per heavy atom. The van der Waals surface area contributed by atoms with E-state index in [1.807, 2.05) is 29.2 Å². The van der Waals surface area contributed by atoms with Crippen LogP contribution in [0.15, 0.2) is 42.5 Å². The van der Waals surface area contributed by atoms with Crippen LogP contribution in [0.4, 0.5) is 11.4 Å². The molecule has 2 aromatic rings. The van der Waals surface area contributed by atoms with E-state index in [2.05, 4.69) is 10.6 Å². The van der Waals surface area contributed by atoms with Crippen LogP contribution >= 0.6 is 0 Å². The van der Waals surface area contributed by atoms with Gasteiger partial charge < -0.3 is 20.3 Å². The van der Waals surface area contributed by atoms with Gasteiger partial charge in [-0.25, -0.2) is 0 Å². The largest absolute Gasteiger partial charge is 0.497 e. The Morgan fingerprint density at radius 2 is 1.93 bits per heavy atom. The third-order valence-electron chi connectivity index (χ3n) is 5.45. The van der Waals surface area contributed by atoms with E-state index >= 15 is 0 Å². The zero-order chi connectivity index (χ0) is 21.1. The lowest BCUT2D eigenvalue weighted by molar-refractivity contribution is -0.136. The van der Waals surface area contributed by atoms with Gasteiger partial charge in [0.25, 0.3) is 0 Å². The van der Waals surface area contributed by atoms with Crippen molar-refractivity contribution in [1.82, 2.24) is 5.32 Å². The lowest BCUT2D eigenvalue weighted by Crippen LogP contribution is -2.37. The average Bonchev–Trinajstić information content (AvgIpc) is 3.62. The van der Waals surface area contributed by atoms with Gasteiger partial charge in [0.1, 0.15) is 5.75 Å². The highest BCUT2D eigenvalue weighted by Crippen LogP contribution is 2.36. The molecule has 1 saturated carbocycles. The smallest absolute Gasteiger partial charge is 0.313 e. The van der Waals surface area contributed by atoms with Crippen LogP contribution < -0.4 is 20.3 Å². The molecule has 1 aliphatic heterocycles. The molecule has 4 rings (SSSR count). The van der Waals surface area contributed by atoms with Crippen LogP contribution in [-0.2, 0) is 27.3 Å². The Balaban J connectivity index is 1.39.